The first-order valence-corrected chi connectivity index (χ1v) is 8.92. The minimum absolute atomic E-state index is 0.405. The minimum Gasteiger partial charge on any atom is -0.397 e. The van der Waals surface area contributed by atoms with Gasteiger partial charge in [0.1, 0.15) is 10.8 Å². The largest absolute Gasteiger partial charge is 0.397 e. The van der Waals surface area contributed by atoms with E-state index in [0.717, 1.165) is 24.0 Å². The van der Waals surface area contributed by atoms with Gasteiger partial charge in [-0.25, -0.2) is 4.98 Å². The molecule has 6 heteroatoms. The molecule has 128 valence electrons. The Hall–Kier alpha value is -2.40. The highest BCUT2D eigenvalue weighted by Gasteiger charge is 2.19. The van der Waals surface area contributed by atoms with Crippen LogP contribution in [0.1, 0.15) is 19.8 Å². The fourth-order valence-corrected chi connectivity index (χ4v) is 3.65. The molecule has 5 nitrogen and oxygen atoms in total. The van der Waals surface area contributed by atoms with Crippen molar-refractivity contribution in [1.29, 1.82) is 0 Å². The maximum Gasteiger partial charge on any atom is 0.130 e. The minimum atomic E-state index is 0.405. The van der Waals surface area contributed by atoms with Gasteiger partial charge >= 0.3 is 0 Å². The molecular formula is C19H20ClN5. The van der Waals surface area contributed by atoms with E-state index < -0.39 is 0 Å². The van der Waals surface area contributed by atoms with Gasteiger partial charge in [-0.05, 0) is 43.0 Å². The van der Waals surface area contributed by atoms with Crippen molar-refractivity contribution in [3.63, 3.8) is 0 Å². The first-order chi connectivity index (χ1) is 12.1. The molecule has 0 spiro atoms. The fraction of sp³-hybridized carbons (Fsp3) is 0.316. The summed E-state index contributed by atoms with van der Waals surface area (Å²) in [6.45, 7) is 4.44. The van der Waals surface area contributed by atoms with Gasteiger partial charge < -0.3 is 10.6 Å². The Bertz CT molecular complexity index is 927. The summed E-state index contributed by atoms with van der Waals surface area (Å²) in [5.41, 5.74) is 10.0. The second-order valence-corrected chi connectivity index (χ2v) is 7.07. The SMILES string of the molecule is C[C@H]1CCCN(c2ccnc3cnc(-c4nc(Cl)ccc4N)cc23)C1. The number of nitrogen functional groups attached to an aromatic ring is 1. The molecule has 0 radical (unpaired) electrons. The van der Waals surface area contributed by atoms with E-state index in [2.05, 4.69) is 32.8 Å². The molecular weight excluding hydrogens is 334 g/mol. The third-order valence-electron chi connectivity index (χ3n) is 4.74. The summed E-state index contributed by atoms with van der Waals surface area (Å²) < 4.78 is 0. The second kappa shape index (κ2) is 6.48. The van der Waals surface area contributed by atoms with Crippen molar-refractivity contribution in [2.75, 3.05) is 23.7 Å². The summed E-state index contributed by atoms with van der Waals surface area (Å²) in [6.07, 6.45) is 6.13. The fourth-order valence-electron chi connectivity index (χ4n) is 3.50. The normalized spacial score (nSPS) is 17.8. The molecule has 0 aliphatic carbocycles. The van der Waals surface area contributed by atoms with Crippen molar-refractivity contribution < 1.29 is 0 Å². The summed E-state index contributed by atoms with van der Waals surface area (Å²) in [6, 6.07) is 7.54. The summed E-state index contributed by atoms with van der Waals surface area (Å²) in [5, 5.41) is 1.48. The van der Waals surface area contributed by atoms with Gasteiger partial charge in [-0.3, -0.25) is 9.97 Å². The van der Waals surface area contributed by atoms with Gasteiger partial charge in [0.25, 0.3) is 0 Å². The number of nitrogens with zero attached hydrogens (tertiary/aromatic N) is 4. The van der Waals surface area contributed by atoms with Crippen molar-refractivity contribution in [3.8, 4) is 11.4 Å². The van der Waals surface area contributed by atoms with E-state index in [-0.39, 0.29) is 0 Å². The van der Waals surface area contributed by atoms with E-state index in [9.17, 15) is 0 Å². The predicted molar refractivity (Wildman–Crippen MR) is 103 cm³/mol. The van der Waals surface area contributed by atoms with Crippen LogP contribution < -0.4 is 10.6 Å². The average Bonchev–Trinajstić information content (AvgIpc) is 2.63. The van der Waals surface area contributed by atoms with Gasteiger partial charge in [-0.15, -0.1) is 0 Å². The lowest BCUT2D eigenvalue weighted by Crippen LogP contribution is -2.34. The zero-order valence-corrected chi connectivity index (χ0v) is 14.9. The van der Waals surface area contributed by atoms with Crippen molar-refractivity contribution in [2.24, 2.45) is 5.92 Å². The standard InChI is InChI=1S/C19H20ClN5/c1-12-3-2-8-25(11-12)17-6-7-22-16-10-23-15(9-13(16)17)19-14(21)4-5-18(20)24-19/h4-7,9-10,12H,2-3,8,11,21H2,1H3/t12-/m0/s1. The van der Waals surface area contributed by atoms with Gasteiger partial charge in [0.2, 0.25) is 0 Å². The molecule has 25 heavy (non-hydrogen) atoms. The van der Waals surface area contributed by atoms with Crippen LogP contribution in [-0.4, -0.2) is 28.0 Å². The van der Waals surface area contributed by atoms with Crippen LogP contribution in [0.15, 0.2) is 36.7 Å². The van der Waals surface area contributed by atoms with Crippen LogP contribution in [0.25, 0.3) is 22.3 Å². The second-order valence-electron chi connectivity index (χ2n) is 6.68. The van der Waals surface area contributed by atoms with Crippen molar-refractivity contribution >= 4 is 33.9 Å². The molecule has 1 saturated heterocycles. The van der Waals surface area contributed by atoms with E-state index in [1.54, 1.807) is 18.3 Å². The van der Waals surface area contributed by atoms with Crippen LogP contribution in [0.3, 0.4) is 0 Å². The Labute approximate surface area is 151 Å². The Morgan fingerprint density at radius 1 is 1.24 bits per heavy atom. The predicted octanol–water partition coefficient (Wildman–Crippen LogP) is 4.16. The Morgan fingerprint density at radius 2 is 2.12 bits per heavy atom. The van der Waals surface area contributed by atoms with E-state index in [0.29, 0.717) is 28.1 Å². The van der Waals surface area contributed by atoms with Crippen LogP contribution in [0, 0.1) is 5.92 Å². The monoisotopic (exact) mass is 353 g/mol. The van der Waals surface area contributed by atoms with Crippen molar-refractivity contribution in [3.05, 3.63) is 41.8 Å². The molecule has 1 aliphatic heterocycles. The molecule has 0 aromatic carbocycles. The summed E-state index contributed by atoms with van der Waals surface area (Å²) in [5.74, 6) is 0.698. The van der Waals surface area contributed by atoms with Gasteiger partial charge in [0.05, 0.1) is 23.1 Å². The number of pyridine rings is 3. The van der Waals surface area contributed by atoms with E-state index in [4.69, 9.17) is 17.3 Å². The van der Waals surface area contributed by atoms with Gasteiger partial charge in [-0.2, -0.15) is 0 Å². The number of piperidine rings is 1. The van der Waals surface area contributed by atoms with Crippen LogP contribution in [0.2, 0.25) is 5.15 Å². The molecule has 4 heterocycles. The summed E-state index contributed by atoms with van der Waals surface area (Å²) in [7, 11) is 0. The molecule has 1 fully saturated rings. The number of anilines is 2. The quantitative estimate of drug-likeness (QED) is 0.700. The molecule has 3 aromatic heterocycles. The van der Waals surface area contributed by atoms with Gasteiger partial charge in [0, 0.05) is 30.4 Å². The molecule has 4 rings (SSSR count). The lowest BCUT2D eigenvalue weighted by atomic mass is 9.99. The van der Waals surface area contributed by atoms with Crippen LogP contribution >= 0.6 is 11.6 Å². The zero-order valence-electron chi connectivity index (χ0n) is 14.1. The highest BCUT2D eigenvalue weighted by molar-refractivity contribution is 6.29. The number of hydrogen-bond acceptors (Lipinski definition) is 5. The van der Waals surface area contributed by atoms with Gasteiger partial charge in [-0.1, -0.05) is 18.5 Å². The average molecular weight is 354 g/mol. The van der Waals surface area contributed by atoms with Crippen LogP contribution in [-0.2, 0) is 0 Å². The lowest BCUT2D eigenvalue weighted by Gasteiger charge is -2.33. The van der Waals surface area contributed by atoms with Crippen molar-refractivity contribution in [2.45, 2.75) is 19.8 Å². The maximum absolute atomic E-state index is 6.08. The molecule has 3 aromatic rings. The molecule has 0 amide bonds. The number of halogens is 1. The number of fused-ring (bicyclic) bond motifs is 1. The molecule has 0 saturated carbocycles. The highest BCUT2D eigenvalue weighted by atomic mass is 35.5. The molecule has 0 bridgehead atoms. The maximum atomic E-state index is 6.08. The van der Waals surface area contributed by atoms with Crippen LogP contribution in [0.4, 0.5) is 11.4 Å². The first kappa shape index (κ1) is 16.1. The van der Waals surface area contributed by atoms with E-state index in [1.165, 1.54) is 18.5 Å². The number of hydrogen-bond donors (Lipinski definition) is 1. The first-order valence-electron chi connectivity index (χ1n) is 8.54. The number of rotatable bonds is 2. The Kier molecular flexibility index (Phi) is 4.17. The van der Waals surface area contributed by atoms with E-state index >= 15 is 0 Å². The highest BCUT2D eigenvalue weighted by Crippen LogP contribution is 2.32. The topological polar surface area (TPSA) is 67.9 Å². The Balaban J connectivity index is 1.84. The molecule has 1 atom stereocenters. The van der Waals surface area contributed by atoms with E-state index in [1.807, 2.05) is 12.3 Å². The number of aromatic nitrogens is 3. The summed E-state index contributed by atoms with van der Waals surface area (Å²) in [4.78, 5) is 15.8. The third-order valence-corrected chi connectivity index (χ3v) is 4.95. The van der Waals surface area contributed by atoms with Crippen molar-refractivity contribution in [1.82, 2.24) is 15.0 Å². The molecule has 0 unspecified atom stereocenters. The summed E-state index contributed by atoms with van der Waals surface area (Å²) >= 11 is 6.04. The smallest absolute Gasteiger partial charge is 0.130 e. The molecule has 2 N–H and O–H groups in total. The Morgan fingerprint density at radius 3 is 2.96 bits per heavy atom. The third kappa shape index (κ3) is 3.12. The van der Waals surface area contributed by atoms with Gasteiger partial charge in [0.15, 0.2) is 0 Å². The van der Waals surface area contributed by atoms with Crippen LogP contribution in [0.5, 0.6) is 0 Å². The molecule has 1 aliphatic rings. The zero-order chi connectivity index (χ0) is 17.4. The lowest BCUT2D eigenvalue weighted by molar-refractivity contribution is 0.447. The number of nitrogens with two attached hydrogens (primary N) is 1.